The van der Waals surface area contributed by atoms with Gasteiger partial charge in [0, 0.05) is 29.5 Å². The Labute approximate surface area is 115 Å². The van der Waals surface area contributed by atoms with Crippen LogP contribution < -0.4 is 4.72 Å². The minimum atomic E-state index is -3.50. The zero-order valence-electron chi connectivity index (χ0n) is 9.97. The van der Waals surface area contributed by atoms with Gasteiger partial charge in [-0.2, -0.15) is 0 Å². The fourth-order valence-electron chi connectivity index (χ4n) is 1.93. The summed E-state index contributed by atoms with van der Waals surface area (Å²) in [5, 5.41) is 0. The second-order valence-corrected chi connectivity index (χ2v) is 6.99. The molecule has 0 aliphatic carbocycles. The van der Waals surface area contributed by atoms with Crippen molar-refractivity contribution >= 4 is 26.0 Å². The average Bonchev–Trinajstić information content (AvgIpc) is 2.28. The molecule has 7 heteroatoms. The van der Waals surface area contributed by atoms with Crippen molar-refractivity contribution in [1.29, 1.82) is 0 Å². The molecule has 1 saturated heterocycles. The third kappa shape index (κ3) is 3.50. The van der Waals surface area contributed by atoms with Crippen molar-refractivity contribution in [2.24, 2.45) is 0 Å². The van der Waals surface area contributed by atoms with Crippen molar-refractivity contribution < 1.29 is 13.2 Å². The van der Waals surface area contributed by atoms with Crippen LogP contribution in [0.1, 0.15) is 19.8 Å². The molecule has 0 radical (unpaired) electrons. The van der Waals surface area contributed by atoms with E-state index in [1.54, 1.807) is 6.20 Å². The Hall–Kier alpha value is -0.500. The molecule has 1 aliphatic heterocycles. The predicted molar refractivity (Wildman–Crippen MR) is 70.7 cm³/mol. The molecule has 1 aromatic heterocycles. The normalized spacial score (nSPS) is 25.0. The first-order valence-electron chi connectivity index (χ1n) is 5.72. The van der Waals surface area contributed by atoms with Gasteiger partial charge in [-0.15, -0.1) is 0 Å². The molecule has 0 saturated carbocycles. The Bertz CT molecular complexity index is 521. The van der Waals surface area contributed by atoms with Crippen LogP contribution in [-0.4, -0.2) is 32.2 Å². The standard InChI is InChI=1S/C11H15BrN2O3S/c1-8-4-10(2-3-17-8)14-18(15,16)11-5-9(12)6-13-7-11/h5-8,10,14H,2-4H2,1H3. The van der Waals surface area contributed by atoms with E-state index in [4.69, 9.17) is 4.74 Å². The molecule has 0 spiro atoms. The van der Waals surface area contributed by atoms with Gasteiger partial charge in [-0.3, -0.25) is 4.98 Å². The van der Waals surface area contributed by atoms with Crippen LogP contribution >= 0.6 is 15.9 Å². The summed E-state index contributed by atoms with van der Waals surface area (Å²) < 4.78 is 33.0. The lowest BCUT2D eigenvalue weighted by Gasteiger charge is -2.27. The van der Waals surface area contributed by atoms with E-state index in [9.17, 15) is 8.42 Å². The summed E-state index contributed by atoms with van der Waals surface area (Å²) in [6.07, 6.45) is 4.38. The number of aromatic nitrogens is 1. The third-order valence-electron chi connectivity index (χ3n) is 2.80. The molecule has 2 unspecified atom stereocenters. The van der Waals surface area contributed by atoms with Crippen LogP contribution in [0.15, 0.2) is 27.8 Å². The summed E-state index contributed by atoms with van der Waals surface area (Å²) in [5.41, 5.74) is 0. The van der Waals surface area contributed by atoms with Crippen molar-refractivity contribution in [2.45, 2.75) is 36.8 Å². The molecular formula is C11H15BrN2O3S. The Morgan fingerprint density at radius 3 is 2.94 bits per heavy atom. The summed E-state index contributed by atoms with van der Waals surface area (Å²) in [5.74, 6) is 0. The fourth-order valence-corrected chi connectivity index (χ4v) is 3.72. The van der Waals surface area contributed by atoms with E-state index < -0.39 is 10.0 Å². The molecular weight excluding hydrogens is 320 g/mol. The minimum absolute atomic E-state index is 0.0715. The number of halogens is 1. The van der Waals surface area contributed by atoms with Crippen LogP contribution in [0.2, 0.25) is 0 Å². The molecule has 0 bridgehead atoms. The van der Waals surface area contributed by atoms with Gasteiger partial charge in [-0.05, 0) is 41.8 Å². The molecule has 2 heterocycles. The van der Waals surface area contributed by atoms with E-state index in [2.05, 4.69) is 25.6 Å². The number of ether oxygens (including phenoxy) is 1. The summed E-state index contributed by atoms with van der Waals surface area (Å²) >= 11 is 3.21. The van der Waals surface area contributed by atoms with Gasteiger partial charge in [0.05, 0.1) is 6.10 Å². The quantitative estimate of drug-likeness (QED) is 0.913. The van der Waals surface area contributed by atoms with Crippen molar-refractivity contribution in [3.63, 3.8) is 0 Å². The number of nitrogens with zero attached hydrogens (tertiary/aromatic N) is 1. The number of hydrogen-bond donors (Lipinski definition) is 1. The number of nitrogens with one attached hydrogen (secondary N) is 1. The van der Waals surface area contributed by atoms with Crippen molar-refractivity contribution in [1.82, 2.24) is 9.71 Å². The van der Waals surface area contributed by atoms with Crippen LogP contribution in [0.5, 0.6) is 0 Å². The van der Waals surface area contributed by atoms with E-state index in [0.29, 0.717) is 23.9 Å². The Morgan fingerprint density at radius 2 is 2.28 bits per heavy atom. The highest BCUT2D eigenvalue weighted by molar-refractivity contribution is 9.10. The van der Waals surface area contributed by atoms with Crippen LogP contribution in [0.3, 0.4) is 0 Å². The maximum Gasteiger partial charge on any atom is 0.242 e. The Morgan fingerprint density at radius 1 is 1.50 bits per heavy atom. The highest BCUT2D eigenvalue weighted by atomic mass is 79.9. The first-order chi connectivity index (χ1) is 8.47. The van der Waals surface area contributed by atoms with Gasteiger partial charge in [0.25, 0.3) is 0 Å². The molecule has 100 valence electrons. The summed E-state index contributed by atoms with van der Waals surface area (Å²) in [6.45, 7) is 2.53. The van der Waals surface area contributed by atoms with Crippen molar-refractivity contribution in [3.8, 4) is 0 Å². The molecule has 1 N–H and O–H groups in total. The molecule has 1 aliphatic rings. The Balaban J connectivity index is 2.12. The van der Waals surface area contributed by atoms with E-state index in [1.165, 1.54) is 12.3 Å². The van der Waals surface area contributed by atoms with Crippen molar-refractivity contribution in [3.05, 3.63) is 22.9 Å². The molecule has 18 heavy (non-hydrogen) atoms. The topological polar surface area (TPSA) is 68.3 Å². The molecule has 2 atom stereocenters. The average molecular weight is 335 g/mol. The van der Waals surface area contributed by atoms with E-state index in [-0.39, 0.29) is 17.0 Å². The lowest BCUT2D eigenvalue weighted by Crippen LogP contribution is -2.41. The fraction of sp³-hybridized carbons (Fsp3) is 0.545. The monoisotopic (exact) mass is 334 g/mol. The number of hydrogen-bond acceptors (Lipinski definition) is 4. The van der Waals surface area contributed by atoms with Gasteiger partial charge in [0.2, 0.25) is 10.0 Å². The van der Waals surface area contributed by atoms with Crippen LogP contribution in [0, 0.1) is 0 Å². The lowest BCUT2D eigenvalue weighted by atomic mass is 10.1. The second kappa shape index (κ2) is 5.64. The van der Waals surface area contributed by atoms with Crippen LogP contribution in [0.4, 0.5) is 0 Å². The summed E-state index contributed by atoms with van der Waals surface area (Å²) in [7, 11) is -3.50. The molecule has 1 aromatic rings. The smallest absolute Gasteiger partial charge is 0.242 e. The second-order valence-electron chi connectivity index (χ2n) is 4.36. The SMILES string of the molecule is CC1CC(NS(=O)(=O)c2cncc(Br)c2)CCO1. The van der Waals surface area contributed by atoms with E-state index in [1.807, 2.05) is 6.92 Å². The van der Waals surface area contributed by atoms with E-state index in [0.717, 1.165) is 0 Å². The van der Waals surface area contributed by atoms with Crippen LogP contribution in [-0.2, 0) is 14.8 Å². The zero-order chi connectivity index (χ0) is 13.2. The van der Waals surface area contributed by atoms with Crippen molar-refractivity contribution in [2.75, 3.05) is 6.61 Å². The summed E-state index contributed by atoms with van der Waals surface area (Å²) in [6, 6.07) is 1.47. The van der Waals surface area contributed by atoms with Gasteiger partial charge in [-0.25, -0.2) is 13.1 Å². The van der Waals surface area contributed by atoms with E-state index >= 15 is 0 Å². The predicted octanol–water partition coefficient (Wildman–Crippen LogP) is 1.69. The minimum Gasteiger partial charge on any atom is -0.378 e. The highest BCUT2D eigenvalue weighted by Crippen LogP contribution is 2.18. The zero-order valence-corrected chi connectivity index (χ0v) is 12.4. The van der Waals surface area contributed by atoms with Gasteiger partial charge >= 0.3 is 0 Å². The third-order valence-corrected chi connectivity index (χ3v) is 4.72. The van der Waals surface area contributed by atoms with Gasteiger partial charge in [-0.1, -0.05) is 0 Å². The Kier molecular flexibility index (Phi) is 4.37. The molecule has 0 aromatic carbocycles. The van der Waals surface area contributed by atoms with Gasteiger partial charge in [0.15, 0.2) is 0 Å². The van der Waals surface area contributed by atoms with Crippen LogP contribution in [0.25, 0.3) is 0 Å². The number of sulfonamides is 1. The van der Waals surface area contributed by atoms with Gasteiger partial charge in [0.1, 0.15) is 4.90 Å². The number of pyridine rings is 1. The lowest BCUT2D eigenvalue weighted by molar-refractivity contribution is 0.0173. The first kappa shape index (κ1) is 13.9. The summed E-state index contributed by atoms with van der Waals surface area (Å²) in [4.78, 5) is 4.04. The largest absolute Gasteiger partial charge is 0.378 e. The maximum absolute atomic E-state index is 12.1. The van der Waals surface area contributed by atoms with Gasteiger partial charge < -0.3 is 4.74 Å². The molecule has 1 fully saturated rings. The maximum atomic E-state index is 12.1. The molecule has 2 rings (SSSR count). The number of rotatable bonds is 3. The first-order valence-corrected chi connectivity index (χ1v) is 7.99. The molecule has 5 nitrogen and oxygen atoms in total. The highest BCUT2D eigenvalue weighted by Gasteiger charge is 2.25. The molecule has 0 amide bonds.